The molecule has 124 valence electrons. The van der Waals surface area contributed by atoms with E-state index in [1.165, 1.54) is 24.1 Å². The molecule has 2 heterocycles. The van der Waals surface area contributed by atoms with E-state index in [1.807, 2.05) is 4.90 Å². The van der Waals surface area contributed by atoms with Gasteiger partial charge in [0.1, 0.15) is 0 Å². The fourth-order valence-corrected chi connectivity index (χ4v) is 4.71. The first kappa shape index (κ1) is 15.1. The van der Waals surface area contributed by atoms with Gasteiger partial charge < -0.3 is 10.2 Å². The van der Waals surface area contributed by atoms with Crippen LogP contribution in [0.25, 0.3) is 0 Å². The first-order chi connectivity index (χ1) is 11.1. The molecule has 6 heteroatoms. The van der Waals surface area contributed by atoms with Crippen LogP contribution in [-0.2, 0) is 22.4 Å². The number of hydrogen-bond acceptors (Lipinski definition) is 4. The number of likely N-dealkylation sites (tertiary alicyclic amines) is 1. The summed E-state index contributed by atoms with van der Waals surface area (Å²) >= 11 is 1.61. The maximum Gasteiger partial charge on any atom is 0.231 e. The van der Waals surface area contributed by atoms with Gasteiger partial charge in [-0.3, -0.25) is 9.59 Å². The number of amides is 2. The highest BCUT2D eigenvalue weighted by Crippen LogP contribution is 2.34. The van der Waals surface area contributed by atoms with Gasteiger partial charge in [-0.25, -0.2) is 4.98 Å². The summed E-state index contributed by atoms with van der Waals surface area (Å²) in [6.07, 6.45) is 6.06. The number of carbonyl (C=O) groups excluding carboxylic acids is 2. The van der Waals surface area contributed by atoms with Crippen LogP contribution in [0.3, 0.4) is 0 Å². The fraction of sp³-hybridized carbons (Fsp3) is 0.706. The number of nitrogens with one attached hydrogen (secondary N) is 1. The molecule has 4 rings (SSSR count). The monoisotopic (exact) mass is 333 g/mol. The van der Waals surface area contributed by atoms with Gasteiger partial charge in [0.15, 0.2) is 5.13 Å². The number of thiazole rings is 1. The van der Waals surface area contributed by atoms with Crippen molar-refractivity contribution in [3.05, 3.63) is 10.6 Å². The Morgan fingerprint density at radius 3 is 2.96 bits per heavy atom. The maximum absolute atomic E-state index is 12.5. The minimum absolute atomic E-state index is 0.0456. The molecule has 3 aliphatic rings. The van der Waals surface area contributed by atoms with E-state index in [4.69, 9.17) is 0 Å². The van der Waals surface area contributed by atoms with Crippen molar-refractivity contribution in [2.24, 2.45) is 17.8 Å². The highest BCUT2D eigenvalue weighted by atomic mass is 32.1. The van der Waals surface area contributed by atoms with Crippen molar-refractivity contribution in [2.45, 2.75) is 45.4 Å². The molecular weight excluding hydrogens is 310 g/mol. The van der Waals surface area contributed by atoms with Crippen LogP contribution in [0.4, 0.5) is 5.13 Å². The van der Waals surface area contributed by atoms with Crippen LogP contribution in [-0.4, -0.2) is 34.8 Å². The Morgan fingerprint density at radius 1 is 1.35 bits per heavy atom. The summed E-state index contributed by atoms with van der Waals surface area (Å²) in [5, 5.41) is 3.67. The molecule has 2 fully saturated rings. The standard InChI is InChI=1S/C17H23N3O2S/c1-10-2-5-13-14(6-10)23-17(18-13)19-16(22)12-7-15(21)20(9-12)8-11-3-4-11/h10-12H,2-9H2,1H3,(H,18,19,22). The van der Waals surface area contributed by atoms with E-state index in [0.29, 0.717) is 29.9 Å². The number of anilines is 1. The van der Waals surface area contributed by atoms with Crippen molar-refractivity contribution >= 4 is 28.3 Å². The van der Waals surface area contributed by atoms with Crippen molar-refractivity contribution in [3.8, 4) is 0 Å². The van der Waals surface area contributed by atoms with Crippen LogP contribution in [0, 0.1) is 17.8 Å². The lowest BCUT2D eigenvalue weighted by Crippen LogP contribution is -2.29. The lowest BCUT2D eigenvalue weighted by molar-refractivity contribution is -0.128. The van der Waals surface area contributed by atoms with Gasteiger partial charge in [-0.05, 0) is 43.9 Å². The van der Waals surface area contributed by atoms with Gasteiger partial charge in [-0.15, -0.1) is 11.3 Å². The van der Waals surface area contributed by atoms with Crippen LogP contribution in [0.5, 0.6) is 0 Å². The molecule has 2 unspecified atom stereocenters. The smallest absolute Gasteiger partial charge is 0.231 e. The fourth-order valence-electron chi connectivity index (χ4n) is 3.54. The molecule has 5 nitrogen and oxygen atoms in total. The van der Waals surface area contributed by atoms with Gasteiger partial charge in [0.05, 0.1) is 11.6 Å². The first-order valence-corrected chi connectivity index (χ1v) is 9.47. The lowest BCUT2D eigenvalue weighted by atomic mass is 9.93. The molecule has 1 saturated heterocycles. The normalized spacial score (nSPS) is 27.2. The molecule has 1 aromatic rings. The van der Waals surface area contributed by atoms with E-state index < -0.39 is 0 Å². The molecule has 1 aromatic heterocycles. The van der Waals surface area contributed by atoms with Crippen LogP contribution >= 0.6 is 11.3 Å². The Hall–Kier alpha value is -1.43. The van der Waals surface area contributed by atoms with Crippen LogP contribution < -0.4 is 5.32 Å². The van der Waals surface area contributed by atoms with Crippen molar-refractivity contribution in [3.63, 3.8) is 0 Å². The maximum atomic E-state index is 12.5. The number of aryl methyl sites for hydroxylation is 1. The second kappa shape index (κ2) is 5.89. The van der Waals surface area contributed by atoms with Crippen LogP contribution in [0.1, 0.15) is 43.2 Å². The number of rotatable bonds is 4. The predicted molar refractivity (Wildman–Crippen MR) is 89.3 cm³/mol. The van der Waals surface area contributed by atoms with Crippen LogP contribution in [0.2, 0.25) is 0 Å². The Balaban J connectivity index is 1.37. The Kier molecular flexibility index (Phi) is 3.87. The summed E-state index contributed by atoms with van der Waals surface area (Å²) in [7, 11) is 0. The molecule has 2 aliphatic carbocycles. The quantitative estimate of drug-likeness (QED) is 0.921. The average Bonchev–Trinajstić information content (AvgIpc) is 3.12. The number of aromatic nitrogens is 1. The largest absolute Gasteiger partial charge is 0.342 e. The molecule has 0 bridgehead atoms. The highest BCUT2D eigenvalue weighted by molar-refractivity contribution is 7.15. The minimum Gasteiger partial charge on any atom is -0.342 e. The van der Waals surface area contributed by atoms with Crippen molar-refractivity contribution in [1.29, 1.82) is 0 Å². The molecule has 1 saturated carbocycles. The summed E-state index contributed by atoms with van der Waals surface area (Å²) in [4.78, 5) is 32.3. The zero-order valence-corrected chi connectivity index (χ0v) is 14.3. The number of hydrogen-bond donors (Lipinski definition) is 1. The molecule has 1 aliphatic heterocycles. The van der Waals surface area contributed by atoms with Crippen molar-refractivity contribution in [2.75, 3.05) is 18.4 Å². The molecule has 2 atom stereocenters. The molecule has 23 heavy (non-hydrogen) atoms. The molecule has 0 radical (unpaired) electrons. The zero-order valence-electron chi connectivity index (χ0n) is 13.5. The van der Waals surface area contributed by atoms with Gasteiger partial charge in [0.2, 0.25) is 11.8 Å². The van der Waals surface area contributed by atoms with E-state index in [-0.39, 0.29) is 17.7 Å². The third kappa shape index (κ3) is 3.27. The van der Waals surface area contributed by atoms with Crippen molar-refractivity contribution in [1.82, 2.24) is 9.88 Å². The van der Waals surface area contributed by atoms with E-state index in [1.54, 1.807) is 11.3 Å². The van der Waals surface area contributed by atoms with Crippen LogP contribution in [0.15, 0.2) is 0 Å². The summed E-state index contributed by atoms with van der Waals surface area (Å²) in [6, 6.07) is 0. The summed E-state index contributed by atoms with van der Waals surface area (Å²) < 4.78 is 0. The topological polar surface area (TPSA) is 62.3 Å². The third-order valence-corrected chi connectivity index (χ3v) is 6.21. The van der Waals surface area contributed by atoms with E-state index in [9.17, 15) is 9.59 Å². The van der Waals surface area contributed by atoms with E-state index >= 15 is 0 Å². The molecule has 0 aromatic carbocycles. The lowest BCUT2D eigenvalue weighted by Gasteiger charge is -2.15. The Labute approximate surface area is 140 Å². The van der Waals surface area contributed by atoms with Gasteiger partial charge in [0, 0.05) is 24.4 Å². The summed E-state index contributed by atoms with van der Waals surface area (Å²) in [5.74, 6) is 1.24. The number of fused-ring (bicyclic) bond motifs is 1. The Morgan fingerprint density at radius 2 is 2.17 bits per heavy atom. The molecule has 0 spiro atoms. The second-order valence-electron chi connectivity index (χ2n) is 7.37. The van der Waals surface area contributed by atoms with E-state index in [2.05, 4.69) is 17.2 Å². The first-order valence-electron chi connectivity index (χ1n) is 8.65. The van der Waals surface area contributed by atoms with Gasteiger partial charge in [-0.1, -0.05) is 6.92 Å². The van der Waals surface area contributed by atoms with Crippen molar-refractivity contribution < 1.29 is 9.59 Å². The van der Waals surface area contributed by atoms with E-state index in [0.717, 1.165) is 25.1 Å². The summed E-state index contributed by atoms with van der Waals surface area (Å²) in [5.41, 5.74) is 1.15. The number of carbonyl (C=O) groups is 2. The molecular formula is C17H23N3O2S. The Bertz CT molecular complexity index is 638. The predicted octanol–water partition coefficient (Wildman–Crippen LogP) is 2.46. The summed E-state index contributed by atoms with van der Waals surface area (Å²) in [6.45, 7) is 3.68. The third-order valence-electron chi connectivity index (χ3n) is 5.18. The van der Waals surface area contributed by atoms with Gasteiger partial charge in [-0.2, -0.15) is 0 Å². The number of nitrogens with zero attached hydrogens (tertiary/aromatic N) is 2. The second-order valence-corrected chi connectivity index (χ2v) is 8.45. The average molecular weight is 333 g/mol. The molecule has 2 amide bonds. The highest BCUT2D eigenvalue weighted by Gasteiger charge is 2.37. The van der Waals surface area contributed by atoms with Gasteiger partial charge >= 0.3 is 0 Å². The minimum atomic E-state index is -0.221. The SMILES string of the molecule is CC1CCc2nc(NC(=O)C3CC(=O)N(CC4CC4)C3)sc2C1. The molecule has 1 N–H and O–H groups in total. The zero-order chi connectivity index (χ0) is 16.0. The van der Waals surface area contributed by atoms with Gasteiger partial charge in [0.25, 0.3) is 0 Å².